The summed E-state index contributed by atoms with van der Waals surface area (Å²) in [6.45, 7) is 2.05. The Hall–Kier alpha value is -1.31. The van der Waals surface area contributed by atoms with Crippen LogP contribution in [0.4, 0.5) is 5.69 Å². The molecule has 0 spiro atoms. The summed E-state index contributed by atoms with van der Waals surface area (Å²) in [6.07, 6.45) is 3.21. The molecular weight excluding hydrogens is 198 g/mol. The topological polar surface area (TPSA) is 20.3 Å². The maximum atomic E-state index is 12.1. The summed E-state index contributed by atoms with van der Waals surface area (Å²) >= 11 is 0. The Morgan fingerprint density at radius 3 is 2.56 bits per heavy atom. The minimum Gasteiger partial charge on any atom is -0.365 e. The van der Waals surface area contributed by atoms with Gasteiger partial charge in [0.25, 0.3) is 0 Å². The van der Waals surface area contributed by atoms with E-state index in [0.29, 0.717) is 5.78 Å². The predicted molar refractivity (Wildman–Crippen MR) is 66.7 cm³/mol. The molecule has 1 aliphatic carbocycles. The van der Waals surface area contributed by atoms with Gasteiger partial charge in [-0.05, 0) is 25.0 Å². The summed E-state index contributed by atoms with van der Waals surface area (Å²) in [6, 6.07) is 10.2. The van der Waals surface area contributed by atoms with E-state index in [1.807, 2.05) is 32.2 Å². The van der Waals surface area contributed by atoms with E-state index in [9.17, 15) is 4.79 Å². The number of ketones is 1. The van der Waals surface area contributed by atoms with E-state index in [1.165, 1.54) is 0 Å². The van der Waals surface area contributed by atoms with Crippen LogP contribution < -0.4 is 4.90 Å². The molecule has 86 valence electrons. The third kappa shape index (κ3) is 2.11. The number of anilines is 1. The summed E-state index contributed by atoms with van der Waals surface area (Å²) in [5.74, 6) is 0.627. The van der Waals surface area contributed by atoms with E-state index >= 15 is 0 Å². The molecule has 0 saturated heterocycles. The molecule has 0 amide bonds. The molecule has 16 heavy (non-hydrogen) atoms. The maximum absolute atomic E-state index is 12.1. The van der Waals surface area contributed by atoms with Gasteiger partial charge >= 0.3 is 0 Å². The van der Waals surface area contributed by atoms with E-state index in [2.05, 4.69) is 17.0 Å². The van der Waals surface area contributed by atoms with Gasteiger partial charge in [-0.15, -0.1) is 0 Å². The Labute approximate surface area is 97.3 Å². The number of rotatable bonds is 2. The third-order valence-corrected chi connectivity index (χ3v) is 3.56. The number of Topliss-reactive ketones (excluding diaryl/α,β-unsaturated/α-hetero) is 1. The van der Waals surface area contributed by atoms with Crippen molar-refractivity contribution in [3.05, 3.63) is 30.3 Å². The van der Waals surface area contributed by atoms with Crippen molar-refractivity contribution in [1.29, 1.82) is 0 Å². The van der Waals surface area contributed by atoms with Crippen LogP contribution in [0, 0.1) is 5.92 Å². The van der Waals surface area contributed by atoms with Gasteiger partial charge in [-0.1, -0.05) is 31.5 Å². The second kappa shape index (κ2) is 4.69. The van der Waals surface area contributed by atoms with Crippen molar-refractivity contribution in [2.24, 2.45) is 5.92 Å². The van der Waals surface area contributed by atoms with Crippen LogP contribution in [0.1, 0.15) is 26.2 Å². The van der Waals surface area contributed by atoms with Gasteiger partial charge in [-0.3, -0.25) is 4.79 Å². The molecule has 0 aliphatic heterocycles. The van der Waals surface area contributed by atoms with Gasteiger partial charge in [0, 0.05) is 18.7 Å². The fourth-order valence-corrected chi connectivity index (χ4v) is 2.46. The summed E-state index contributed by atoms with van der Waals surface area (Å²) < 4.78 is 0. The van der Waals surface area contributed by atoms with Crippen molar-refractivity contribution in [2.75, 3.05) is 11.9 Å². The summed E-state index contributed by atoms with van der Waals surface area (Å²) in [5, 5.41) is 0. The lowest BCUT2D eigenvalue weighted by atomic mass is 9.85. The number of carbonyl (C=O) groups excluding carboxylic acids is 1. The molecule has 0 N–H and O–H groups in total. The summed E-state index contributed by atoms with van der Waals surface area (Å²) in [7, 11) is 2.02. The summed E-state index contributed by atoms with van der Waals surface area (Å²) in [4.78, 5) is 14.2. The Morgan fingerprint density at radius 2 is 1.88 bits per heavy atom. The Kier molecular flexibility index (Phi) is 3.28. The number of hydrogen-bond acceptors (Lipinski definition) is 2. The van der Waals surface area contributed by atoms with Gasteiger partial charge in [-0.2, -0.15) is 0 Å². The molecule has 0 heterocycles. The maximum Gasteiger partial charge on any atom is 0.157 e. The lowest BCUT2D eigenvalue weighted by Crippen LogP contribution is -2.43. The smallest absolute Gasteiger partial charge is 0.157 e. The van der Waals surface area contributed by atoms with Gasteiger partial charge in [0.2, 0.25) is 0 Å². The van der Waals surface area contributed by atoms with Crippen molar-refractivity contribution >= 4 is 11.5 Å². The molecule has 1 aromatic rings. The van der Waals surface area contributed by atoms with Crippen LogP contribution >= 0.6 is 0 Å². The number of benzene rings is 1. The quantitative estimate of drug-likeness (QED) is 0.759. The molecule has 1 fully saturated rings. The molecular formula is C14H19NO. The van der Waals surface area contributed by atoms with Gasteiger partial charge in [0.1, 0.15) is 0 Å². The molecule has 2 heteroatoms. The highest BCUT2D eigenvalue weighted by atomic mass is 16.1. The first-order valence-corrected chi connectivity index (χ1v) is 6.02. The normalized spacial score (nSPS) is 25.5. The molecule has 0 bridgehead atoms. The van der Waals surface area contributed by atoms with Crippen LogP contribution in [0.3, 0.4) is 0 Å². The number of nitrogens with zero attached hydrogens (tertiary/aromatic N) is 1. The SMILES string of the molecule is CC1CCCC(N(C)c2ccccc2)C1=O. The molecule has 1 saturated carbocycles. The highest BCUT2D eigenvalue weighted by molar-refractivity contribution is 5.89. The molecule has 2 atom stereocenters. The first-order chi connectivity index (χ1) is 7.70. The second-order valence-electron chi connectivity index (χ2n) is 4.70. The van der Waals surface area contributed by atoms with Crippen LogP contribution in [0.2, 0.25) is 0 Å². The molecule has 1 aromatic carbocycles. The Morgan fingerprint density at radius 1 is 1.19 bits per heavy atom. The van der Waals surface area contributed by atoms with Crippen molar-refractivity contribution in [1.82, 2.24) is 0 Å². The van der Waals surface area contributed by atoms with E-state index in [1.54, 1.807) is 0 Å². The van der Waals surface area contributed by atoms with Crippen LogP contribution in [0.5, 0.6) is 0 Å². The van der Waals surface area contributed by atoms with Crippen LogP contribution in [-0.4, -0.2) is 18.9 Å². The zero-order valence-electron chi connectivity index (χ0n) is 10.0. The van der Waals surface area contributed by atoms with E-state index < -0.39 is 0 Å². The number of likely N-dealkylation sites (N-methyl/N-ethyl adjacent to an activating group) is 1. The van der Waals surface area contributed by atoms with E-state index in [0.717, 1.165) is 24.9 Å². The van der Waals surface area contributed by atoms with Crippen molar-refractivity contribution in [3.8, 4) is 0 Å². The highest BCUT2D eigenvalue weighted by Gasteiger charge is 2.30. The minimum absolute atomic E-state index is 0.0751. The summed E-state index contributed by atoms with van der Waals surface area (Å²) in [5.41, 5.74) is 1.13. The minimum atomic E-state index is 0.0751. The largest absolute Gasteiger partial charge is 0.365 e. The van der Waals surface area contributed by atoms with Crippen molar-refractivity contribution in [2.45, 2.75) is 32.2 Å². The van der Waals surface area contributed by atoms with Crippen molar-refractivity contribution < 1.29 is 4.79 Å². The lowest BCUT2D eigenvalue weighted by Gasteiger charge is -2.34. The van der Waals surface area contributed by atoms with Gasteiger partial charge in [-0.25, -0.2) is 0 Å². The zero-order chi connectivity index (χ0) is 11.5. The average Bonchev–Trinajstić information content (AvgIpc) is 2.33. The van der Waals surface area contributed by atoms with Crippen LogP contribution in [0.15, 0.2) is 30.3 Å². The van der Waals surface area contributed by atoms with Crippen molar-refractivity contribution in [3.63, 3.8) is 0 Å². The Balaban J connectivity index is 2.15. The molecule has 2 rings (SSSR count). The van der Waals surface area contributed by atoms with Gasteiger partial charge in [0.05, 0.1) is 6.04 Å². The molecule has 1 aliphatic rings. The fraction of sp³-hybridized carbons (Fsp3) is 0.500. The van der Waals surface area contributed by atoms with Crippen LogP contribution in [0.25, 0.3) is 0 Å². The first kappa shape index (κ1) is 11.2. The van der Waals surface area contributed by atoms with E-state index in [4.69, 9.17) is 0 Å². The average molecular weight is 217 g/mol. The lowest BCUT2D eigenvalue weighted by molar-refractivity contribution is -0.125. The second-order valence-corrected chi connectivity index (χ2v) is 4.70. The molecule has 0 radical (unpaired) electrons. The molecule has 0 aromatic heterocycles. The standard InChI is InChI=1S/C14H19NO/c1-11-7-6-10-13(14(11)16)15(2)12-8-4-3-5-9-12/h3-5,8-9,11,13H,6-7,10H2,1-2H3. The Bertz CT molecular complexity index is 360. The van der Waals surface area contributed by atoms with Gasteiger partial charge in [0.15, 0.2) is 5.78 Å². The van der Waals surface area contributed by atoms with E-state index in [-0.39, 0.29) is 12.0 Å². The van der Waals surface area contributed by atoms with Crippen LogP contribution in [-0.2, 0) is 4.79 Å². The number of hydrogen-bond donors (Lipinski definition) is 0. The number of para-hydroxylation sites is 1. The van der Waals surface area contributed by atoms with Gasteiger partial charge < -0.3 is 4.90 Å². The number of carbonyl (C=O) groups is 1. The molecule has 2 nitrogen and oxygen atoms in total. The molecule has 2 unspecified atom stereocenters. The zero-order valence-corrected chi connectivity index (χ0v) is 10.0. The highest BCUT2D eigenvalue weighted by Crippen LogP contribution is 2.26. The monoisotopic (exact) mass is 217 g/mol. The first-order valence-electron chi connectivity index (χ1n) is 6.02. The predicted octanol–water partition coefficient (Wildman–Crippen LogP) is 2.88. The fourth-order valence-electron chi connectivity index (χ4n) is 2.46. The third-order valence-electron chi connectivity index (χ3n) is 3.56.